The van der Waals surface area contributed by atoms with E-state index < -0.39 is 5.91 Å². The SMILES string of the molecule is Cc1ccc(C(=O)NNC(=O)COc2ccccc2C)c(C)c1. The third-order valence-corrected chi connectivity index (χ3v) is 3.39. The number of hydrazine groups is 1. The lowest BCUT2D eigenvalue weighted by atomic mass is 10.1. The van der Waals surface area contributed by atoms with Gasteiger partial charge >= 0.3 is 0 Å². The smallest absolute Gasteiger partial charge is 0.276 e. The van der Waals surface area contributed by atoms with Gasteiger partial charge in [-0.05, 0) is 44.0 Å². The number of nitrogens with one attached hydrogen (secondary N) is 2. The van der Waals surface area contributed by atoms with Crippen LogP contribution in [0.4, 0.5) is 0 Å². The Bertz CT molecular complexity index is 726. The van der Waals surface area contributed by atoms with Gasteiger partial charge in [-0.3, -0.25) is 20.4 Å². The van der Waals surface area contributed by atoms with Gasteiger partial charge < -0.3 is 4.74 Å². The first-order valence-corrected chi connectivity index (χ1v) is 7.32. The average Bonchev–Trinajstić information content (AvgIpc) is 2.52. The molecule has 2 aromatic rings. The molecule has 0 saturated heterocycles. The summed E-state index contributed by atoms with van der Waals surface area (Å²) in [5.74, 6) is -0.138. The summed E-state index contributed by atoms with van der Waals surface area (Å²) >= 11 is 0. The van der Waals surface area contributed by atoms with Crippen molar-refractivity contribution in [2.45, 2.75) is 20.8 Å². The maximum atomic E-state index is 12.0. The molecule has 0 spiro atoms. The molecule has 0 fully saturated rings. The van der Waals surface area contributed by atoms with Crippen molar-refractivity contribution < 1.29 is 14.3 Å². The first-order valence-electron chi connectivity index (χ1n) is 7.32. The van der Waals surface area contributed by atoms with Crippen LogP contribution in [0.15, 0.2) is 42.5 Å². The zero-order chi connectivity index (χ0) is 16.8. The standard InChI is InChI=1S/C18H20N2O3/c1-12-8-9-15(14(3)10-12)18(22)20-19-17(21)11-23-16-7-5-4-6-13(16)2/h4-10H,11H2,1-3H3,(H,19,21)(H,20,22). The Morgan fingerprint density at radius 1 is 0.957 bits per heavy atom. The fraction of sp³-hybridized carbons (Fsp3) is 0.222. The van der Waals surface area contributed by atoms with Crippen LogP contribution >= 0.6 is 0 Å². The molecule has 0 unspecified atom stereocenters. The highest BCUT2D eigenvalue weighted by Gasteiger charge is 2.10. The summed E-state index contributed by atoms with van der Waals surface area (Å²) in [6.45, 7) is 5.54. The number of amides is 2. The Morgan fingerprint density at radius 3 is 2.39 bits per heavy atom. The third-order valence-electron chi connectivity index (χ3n) is 3.39. The summed E-state index contributed by atoms with van der Waals surface area (Å²) in [5, 5.41) is 0. The van der Waals surface area contributed by atoms with Gasteiger partial charge in [0.1, 0.15) is 5.75 Å². The molecule has 0 atom stereocenters. The summed E-state index contributed by atoms with van der Waals surface area (Å²) in [6, 6.07) is 12.9. The fourth-order valence-electron chi connectivity index (χ4n) is 2.16. The lowest BCUT2D eigenvalue weighted by Crippen LogP contribution is -2.44. The minimum atomic E-state index is -0.425. The lowest BCUT2D eigenvalue weighted by molar-refractivity contribution is -0.123. The highest BCUT2D eigenvalue weighted by Crippen LogP contribution is 2.15. The number of hydrogen-bond donors (Lipinski definition) is 2. The molecule has 0 aromatic heterocycles. The minimum absolute atomic E-state index is 0.169. The molecule has 2 amide bonds. The van der Waals surface area contributed by atoms with Gasteiger partial charge in [0.05, 0.1) is 0 Å². The molecular weight excluding hydrogens is 292 g/mol. The van der Waals surface area contributed by atoms with Gasteiger partial charge in [-0.1, -0.05) is 35.9 Å². The normalized spacial score (nSPS) is 10.0. The Labute approximate surface area is 135 Å². The van der Waals surface area contributed by atoms with Crippen molar-refractivity contribution >= 4 is 11.8 Å². The van der Waals surface area contributed by atoms with E-state index in [1.54, 1.807) is 12.1 Å². The van der Waals surface area contributed by atoms with Gasteiger partial charge in [-0.15, -0.1) is 0 Å². The molecule has 5 nitrogen and oxygen atoms in total. The minimum Gasteiger partial charge on any atom is -0.483 e. The molecule has 2 N–H and O–H groups in total. The van der Waals surface area contributed by atoms with Crippen LogP contribution in [0.5, 0.6) is 5.75 Å². The molecular formula is C18H20N2O3. The average molecular weight is 312 g/mol. The van der Waals surface area contributed by atoms with Crippen LogP contribution in [0, 0.1) is 20.8 Å². The quantitative estimate of drug-likeness (QED) is 0.852. The third kappa shape index (κ3) is 4.57. The first-order chi connectivity index (χ1) is 11.0. The summed E-state index contributed by atoms with van der Waals surface area (Å²) in [6.07, 6.45) is 0. The lowest BCUT2D eigenvalue weighted by Gasteiger charge is -2.11. The Morgan fingerprint density at radius 2 is 1.70 bits per heavy atom. The van der Waals surface area contributed by atoms with E-state index in [0.717, 1.165) is 16.7 Å². The van der Waals surface area contributed by atoms with Crippen LogP contribution < -0.4 is 15.6 Å². The number of carbonyl (C=O) groups excluding carboxylic acids is 2. The molecule has 0 aliphatic carbocycles. The predicted molar refractivity (Wildman–Crippen MR) is 88.2 cm³/mol. The number of aryl methyl sites for hydroxylation is 3. The van der Waals surface area contributed by atoms with Crippen LogP contribution in [0.1, 0.15) is 27.0 Å². The van der Waals surface area contributed by atoms with Crippen LogP contribution in [-0.2, 0) is 4.79 Å². The maximum Gasteiger partial charge on any atom is 0.276 e. The monoisotopic (exact) mass is 312 g/mol. The van der Waals surface area contributed by atoms with E-state index in [1.807, 2.05) is 51.1 Å². The molecule has 23 heavy (non-hydrogen) atoms. The molecule has 0 radical (unpaired) electrons. The Balaban J connectivity index is 1.84. The summed E-state index contributed by atoms with van der Waals surface area (Å²) < 4.78 is 5.41. The van der Waals surface area contributed by atoms with Crippen LogP contribution in [0.25, 0.3) is 0 Å². The van der Waals surface area contributed by atoms with E-state index in [-0.39, 0.29) is 12.5 Å². The first kappa shape index (κ1) is 16.5. The fourth-order valence-corrected chi connectivity index (χ4v) is 2.16. The van der Waals surface area contributed by atoms with Crippen molar-refractivity contribution in [3.05, 3.63) is 64.7 Å². The summed E-state index contributed by atoms with van der Waals surface area (Å²) in [4.78, 5) is 23.8. The zero-order valence-corrected chi connectivity index (χ0v) is 13.5. The second-order valence-corrected chi connectivity index (χ2v) is 5.37. The van der Waals surface area contributed by atoms with E-state index in [2.05, 4.69) is 10.9 Å². The van der Waals surface area contributed by atoms with Gasteiger partial charge in [0.2, 0.25) is 0 Å². The van der Waals surface area contributed by atoms with Crippen LogP contribution in [0.3, 0.4) is 0 Å². The van der Waals surface area contributed by atoms with Gasteiger partial charge in [-0.25, -0.2) is 0 Å². The molecule has 0 bridgehead atoms. The number of ether oxygens (including phenoxy) is 1. The van der Waals surface area contributed by atoms with Gasteiger partial charge in [-0.2, -0.15) is 0 Å². The van der Waals surface area contributed by atoms with Crippen LogP contribution in [0.2, 0.25) is 0 Å². The van der Waals surface area contributed by atoms with Crippen LogP contribution in [-0.4, -0.2) is 18.4 Å². The predicted octanol–water partition coefficient (Wildman–Crippen LogP) is 2.45. The summed E-state index contributed by atoms with van der Waals surface area (Å²) in [5.41, 5.74) is 8.14. The highest BCUT2D eigenvalue weighted by molar-refractivity contribution is 5.96. The van der Waals surface area contributed by atoms with E-state index in [4.69, 9.17) is 4.74 Å². The molecule has 0 heterocycles. The second kappa shape index (κ2) is 7.45. The highest BCUT2D eigenvalue weighted by atomic mass is 16.5. The molecule has 5 heteroatoms. The molecule has 120 valence electrons. The Kier molecular flexibility index (Phi) is 5.36. The number of benzene rings is 2. The van der Waals surface area contributed by atoms with Crippen molar-refractivity contribution in [2.75, 3.05) is 6.61 Å². The molecule has 0 saturated carbocycles. The number of carbonyl (C=O) groups is 2. The van der Waals surface area contributed by atoms with Gasteiger partial charge in [0.15, 0.2) is 6.61 Å². The number of para-hydroxylation sites is 1. The van der Waals surface area contributed by atoms with E-state index in [0.29, 0.717) is 11.3 Å². The Hall–Kier alpha value is -2.82. The summed E-state index contributed by atoms with van der Waals surface area (Å²) in [7, 11) is 0. The van der Waals surface area contributed by atoms with E-state index >= 15 is 0 Å². The van der Waals surface area contributed by atoms with Crippen molar-refractivity contribution in [2.24, 2.45) is 0 Å². The zero-order valence-electron chi connectivity index (χ0n) is 13.5. The molecule has 2 aromatic carbocycles. The topological polar surface area (TPSA) is 67.4 Å². The van der Waals surface area contributed by atoms with Crippen molar-refractivity contribution in [1.82, 2.24) is 10.9 Å². The molecule has 0 aliphatic heterocycles. The number of hydrogen-bond acceptors (Lipinski definition) is 3. The largest absolute Gasteiger partial charge is 0.483 e. The second-order valence-electron chi connectivity index (χ2n) is 5.37. The molecule has 0 aliphatic rings. The molecule has 2 rings (SSSR count). The van der Waals surface area contributed by atoms with Gasteiger partial charge in [0.25, 0.3) is 11.8 Å². The van der Waals surface area contributed by atoms with Crippen molar-refractivity contribution in [1.29, 1.82) is 0 Å². The number of rotatable bonds is 4. The van der Waals surface area contributed by atoms with Crippen molar-refractivity contribution in [3.63, 3.8) is 0 Å². The maximum absolute atomic E-state index is 12.0. The van der Waals surface area contributed by atoms with Crippen molar-refractivity contribution in [3.8, 4) is 5.75 Å². The van der Waals surface area contributed by atoms with E-state index in [1.165, 1.54) is 0 Å². The van der Waals surface area contributed by atoms with E-state index in [9.17, 15) is 9.59 Å². The van der Waals surface area contributed by atoms with Gasteiger partial charge in [0, 0.05) is 5.56 Å².